The zero-order chi connectivity index (χ0) is 14.1. The van der Waals surface area contributed by atoms with Crippen LogP contribution in [0.15, 0.2) is 0 Å². The zero-order valence-corrected chi connectivity index (χ0v) is 11.7. The van der Waals surface area contributed by atoms with Gasteiger partial charge in [0, 0.05) is 18.3 Å². The summed E-state index contributed by atoms with van der Waals surface area (Å²) in [6.07, 6.45) is 1.51. The van der Waals surface area contributed by atoms with Crippen LogP contribution >= 0.6 is 0 Å². The summed E-state index contributed by atoms with van der Waals surface area (Å²) in [5.41, 5.74) is -0.860. The summed E-state index contributed by atoms with van der Waals surface area (Å²) in [6, 6.07) is 0. The fourth-order valence-electron chi connectivity index (χ4n) is 4.43. The van der Waals surface area contributed by atoms with Crippen LogP contribution in [0.25, 0.3) is 0 Å². The van der Waals surface area contributed by atoms with Crippen molar-refractivity contribution in [2.24, 2.45) is 17.8 Å². The van der Waals surface area contributed by atoms with Crippen LogP contribution in [0.5, 0.6) is 0 Å². The summed E-state index contributed by atoms with van der Waals surface area (Å²) in [4.78, 5) is 23.3. The Hall–Kier alpha value is -0.690. The van der Waals surface area contributed by atoms with Crippen molar-refractivity contribution in [3.63, 3.8) is 0 Å². The summed E-state index contributed by atoms with van der Waals surface area (Å²) in [7, 11) is 0. The maximum absolute atomic E-state index is 12.1. The van der Waals surface area contributed by atoms with E-state index in [0.29, 0.717) is 19.3 Å². The molecule has 6 nitrogen and oxygen atoms in total. The van der Waals surface area contributed by atoms with Gasteiger partial charge in [0.15, 0.2) is 5.60 Å². The minimum Gasteiger partial charge on any atom is -0.432 e. The summed E-state index contributed by atoms with van der Waals surface area (Å²) >= 11 is 0. The lowest BCUT2D eigenvalue weighted by Gasteiger charge is -2.57. The second kappa shape index (κ2) is 3.94. The Labute approximate surface area is 117 Å². The summed E-state index contributed by atoms with van der Waals surface area (Å²) in [5.74, 6) is -1.58. The molecule has 1 aliphatic carbocycles. The molecule has 1 saturated carbocycles. The van der Waals surface area contributed by atoms with Crippen molar-refractivity contribution >= 4 is 5.97 Å². The Morgan fingerprint density at radius 1 is 1.20 bits per heavy atom. The second-order valence-electron chi connectivity index (χ2n) is 6.73. The van der Waals surface area contributed by atoms with E-state index in [4.69, 9.17) is 19.2 Å². The number of aliphatic hydroxyl groups is 1. The largest absolute Gasteiger partial charge is 0.432 e. The molecule has 20 heavy (non-hydrogen) atoms. The number of hydrogen-bond donors (Lipinski definition) is 1. The molecule has 4 heterocycles. The van der Waals surface area contributed by atoms with E-state index in [1.807, 2.05) is 6.92 Å². The molecule has 5 rings (SSSR count). The van der Waals surface area contributed by atoms with Crippen molar-refractivity contribution in [1.82, 2.24) is 0 Å². The lowest BCUT2D eigenvalue weighted by molar-refractivity contribution is -0.559. The zero-order valence-electron chi connectivity index (χ0n) is 11.7. The molecule has 2 bridgehead atoms. The first-order valence-corrected chi connectivity index (χ1v) is 7.39. The molecule has 112 valence electrons. The smallest absolute Gasteiger partial charge is 0.311 e. The van der Waals surface area contributed by atoms with E-state index in [9.17, 15) is 9.90 Å². The van der Waals surface area contributed by atoms with Crippen LogP contribution in [-0.4, -0.2) is 34.9 Å². The van der Waals surface area contributed by atoms with E-state index in [1.54, 1.807) is 6.92 Å². The van der Waals surface area contributed by atoms with Crippen LogP contribution in [0.2, 0.25) is 0 Å². The first kappa shape index (κ1) is 13.0. The SMILES string of the molecule is C[C@H]1C(=O)O[C@@H]2O[C@@]3(C)CCC4[C@@H](O)CCC1[C@]42OO3. The van der Waals surface area contributed by atoms with Crippen molar-refractivity contribution in [3.05, 3.63) is 0 Å². The number of carbonyl (C=O) groups excluding carboxylic acids is 1. The third-order valence-corrected chi connectivity index (χ3v) is 5.59. The monoisotopic (exact) mass is 284 g/mol. The molecule has 0 aromatic rings. The van der Waals surface area contributed by atoms with E-state index < -0.39 is 23.8 Å². The van der Waals surface area contributed by atoms with Gasteiger partial charge in [0.2, 0.25) is 12.1 Å². The predicted octanol–water partition coefficient (Wildman–Crippen LogP) is 1.12. The van der Waals surface area contributed by atoms with Crippen molar-refractivity contribution < 1.29 is 29.1 Å². The third-order valence-electron chi connectivity index (χ3n) is 5.59. The number of ether oxygens (including phenoxy) is 2. The van der Waals surface area contributed by atoms with Gasteiger partial charge in [0.05, 0.1) is 12.0 Å². The van der Waals surface area contributed by atoms with E-state index in [0.717, 1.165) is 6.42 Å². The maximum Gasteiger partial charge on any atom is 0.311 e. The van der Waals surface area contributed by atoms with Gasteiger partial charge < -0.3 is 14.6 Å². The third kappa shape index (κ3) is 1.45. The van der Waals surface area contributed by atoms with Gasteiger partial charge in [-0.3, -0.25) is 4.79 Å². The molecule has 1 spiro atoms. The number of rotatable bonds is 0. The summed E-state index contributed by atoms with van der Waals surface area (Å²) < 4.78 is 11.4. The highest BCUT2D eigenvalue weighted by Gasteiger charge is 2.70. The van der Waals surface area contributed by atoms with Crippen LogP contribution in [0.1, 0.15) is 39.5 Å². The number of fused-ring (bicyclic) bond motifs is 2. The molecule has 0 aromatic carbocycles. The Balaban J connectivity index is 1.84. The molecule has 5 aliphatic rings. The minimum atomic E-state index is -0.904. The van der Waals surface area contributed by atoms with Crippen LogP contribution in [0.3, 0.4) is 0 Å². The lowest BCUT2D eigenvalue weighted by Crippen LogP contribution is -2.70. The highest BCUT2D eigenvalue weighted by atomic mass is 17.3. The number of aliphatic hydroxyl groups excluding tert-OH is 1. The van der Waals surface area contributed by atoms with Crippen molar-refractivity contribution in [2.75, 3.05) is 0 Å². The van der Waals surface area contributed by atoms with Crippen LogP contribution < -0.4 is 0 Å². The average Bonchev–Trinajstić information content (AvgIpc) is 2.63. The second-order valence-corrected chi connectivity index (χ2v) is 6.73. The van der Waals surface area contributed by atoms with E-state index in [1.165, 1.54) is 0 Å². The van der Waals surface area contributed by atoms with Gasteiger partial charge in [-0.1, -0.05) is 6.92 Å². The number of hydrogen-bond acceptors (Lipinski definition) is 6. The summed E-state index contributed by atoms with van der Waals surface area (Å²) in [5, 5.41) is 10.4. The fraction of sp³-hybridized carbons (Fsp3) is 0.929. The molecule has 1 N–H and O–H groups in total. The molecular formula is C14H20O6. The first-order valence-electron chi connectivity index (χ1n) is 7.39. The van der Waals surface area contributed by atoms with Gasteiger partial charge in [0.25, 0.3) is 0 Å². The van der Waals surface area contributed by atoms with Gasteiger partial charge >= 0.3 is 5.97 Å². The quantitative estimate of drug-likeness (QED) is 0.531. The molecule has 2 unspecified atom stereocenters. The van der Waals surface area contributed by atoms with E-state index >= 15 is 0 Å². The standard InChI is InChI=1S/C14H20O6/c1-7-8-3-4-10(15)9-5-6-13(2)18-12(17-11(7)16)14(8,9)20-19-13/h7-10,12,15H,3-6H2,1-2H3/t7-,8?,9?,10+,12-,13-,14+/m1/s1. The lowest BCUT2D eigenvalue weighted by atomic mass is 9.60. The van der Waals surface area contributed by atoms with Crippen molar-refractivity contribution in [2.45, 2.75) is 63.3 Å². The van der Waals surface area contributed by atoms with Crippen LogP contribution in [0.4, 0.5) is 0 Å². The molecule has 7 atom stereocenters. The predicted molar refractivity (Wildman–Crippen MR) is 64.9 cm³/mol. The Morgan fingerprint density at radius 2 is 2.00 bits per heavy atom. The highest BCUT2D eigenvalue weighted by Crippen LogP contribution is 2.58. The van der Waals surface area contributed by atoms with Crippen molar-refractivity contribution in [3.8, 4) is 0 Å². The number of esters is 1. The Morgan fingerprint density at radius 3 is 2.80 bits per heavy atom. The highest BCUT2D eigenvalue weighted by molar-refractivity contribution is 5.74. The Kier molecular flexibility index (Phi) is 2.56. The Bertz CT molecular complexity index is 453. The average molecular weight is 284 g/mol. The van der Waals surface area contributed by atoms with Gasteiger partial charge in [-0.05, 0) is 26.2 Å². The van der Waals surface area contributed by atoms with Gasteiger partial charge in [-0.15, -0.1) is 0 Å². The molecule has 4 saturated heterocycles. The molecule has 0 amide bonds. The fourth-order valence-corrected chi connectivity index (χ4v) is 4.43. The maximum atomic E-state index is 12.1. The first-order chi connectivity index (χ1) is 9.46. The molecule has 6 heteroatoms. The van der Waals surface area contributed by atoms with Crippen molar-refractivity contribution in [1.29, 1.82) is 0 Å². The van der Waals surface area contributed by atoms with Crippen LogP contribution in [0, 0.1) is 17.8 Å². The molecule has 0 radical (unpaired) electrons. The minimum absolute atomic E-state index is 0.0372. The van der Waals surface area contributed by atoms with Gasteiger partial charge in [0.1, 0.15) is 0 Å². The topological polar surface area (TPSA) is 74.2 Å². The molecular weight excluding hydrogens is 264 g/mol. The molecule has 5 fully saturated rings. The van der Waals surface area contributed by atoms with Gasteiger partial charge in [-0.25, -0.2) is 9.78 Å². The van der Waals surface area contributed by atoms with Gasteiger partial charge in [-0.2, -0.15) is 0 Å². The van der Waals surface area contributed by atoms with E-state index in [2.05, 4.69) is 0 Å². The van der Waals surface area contributed by atoms with Crippen LogP contribution in [-0.2, 0) is 24.0 Å². The normalized spacial score (nSPS) is 57.8. The number of carbonyl (C=O) groups is 1. The molecule has 4 aliphatic heterocycles. The molecule has 0 aromatic heterocycles. The summed E-state index contributed by atoms with van der Waals surface area (Å²) in [6.45, 7) is 3.64. The van der Waals surface area contributed by atoms with E-state index in [-0.39, 0.29) is 23.7 Å².